The molecule has 0 unspecified atom stereocenters. The van der Waals surface area contributed by atoms with Crippen LogP contribution in [0.1, 0.15) is 44.1 Å². The highest BCUT2D eigenvalue weighted by Crippen LogP contribution is 2.38. The van der Waals surface area contributed by atoms with Crippen molar-refractivity contribution >= 4 is 28.3 Å². The van der Waals surface area contributed by atoms with Gasteiger partial charge < -0.3 is 10.6 Å². The molecule has 1 saturated heterocycles. The first kappa shape index (κ1) is 20.6. The molecule has 1 saturated carbocycles. The van der Waals surface area contributed by atoms with Crippen LogP contribution in [-0.2, 0) is 21.4 Å². The summed E-state index contributed by atoms with van der Waals surface area (Å²) in [5.41, 5.74) is 7.15. The Bertz CT molecular complexity index is 787. The molecule has 2 N–H and O–H groups in total. The van der Waals surface area contributed by atoms with E-state index >= 15 is 0 Å². The molecule has 1 amide bonds. The standard InChI is InChI=1S/C19H27N3O3S.ClH/c20-18(19(23)21-11-3-4-12-21)14-7-9-16(10-8-14)22-13-15-5-1-2-6-17(15)26(22,24)25;/h1-2,5-6,14,16,18H,3-4,7-13,20H2;1H/t14?,16?,18-;/m0./s1. The molecule has 2 fully saturated rings. The highest BCUT2D eigenvalue weighted by atomic mass is 35.5. The highest BCUT2D eigenvalue weighted by Gasteiger charge is 2.41. The summed E-state index contributed by atoms with van der Waals surface area (Å²) in [7, 11) is -3.39. The van der Waals surface area contributed by atoms with Gasteiger partial charge in [0.1, 0.15) is 0 Å². The second-order valence-electron chi connectivity index (χ2n) is 7.78. The Kier molecular flexibility index (Phi) is 6.15. The number of carbonyl (C=O) groups excluding carboxylic acids is 1. The average molecular weight is 414 g/mol. The van der Waals surface area contributed by atoms with Gasteiger partial charge in [0.2, 0.25) is 15.9 Å². The number of fused-ring (bicyclic) bond motifs is 1. The number of likely N-dealkylation sites (tertiary alicyclic amines) is 1. The van der Waals surface area contributed by atoms with Crippen molar-refractivity contribution in [3.8, 4) is 0 Å². The van der Waals surface area contributed by atoms with Gasteiger partial charge in [-0.15, -0.1) is 12.4 Å². The number of halogens is 1. The Labute approximate surface area is 167 Å². The Morgan fingerprint density at radius 3 is 2.33 bits per heavy atom. The smallest absolute Gasteiger partial charge is 0.243 e. The Morgan fingerprint density at radius 2 is 1.70 bits per heavy atom. The summed E-state index contributed by atoms with van der Waals surface area (Å²) in [6.07, 6.45) is 5.32. The molecule has 1 atom stereocenters. The molecule has 4 rings (SSSR count). The van der Waals surface area contributed by atoms with E-state index in [2.05, 4.69) is 0 Å². The van der Waals surface area contributed by atoms with Gasteiger partial charge in [-0.2, -0.15) is 4.31 Å². The van der Waals surface area contributed by atoms with E-state index in [0.717, 1.165) is 57.2 Å². The summed E-state index contributed by atoms with van der Waals surface area (Å²) in [6, 6.07) is 6.82. The van der Waals surface area contributed by atoms with Crippen molar-refractivity contribution in [3.63, 3.8) is 0 Å². The van der Waals surface area contributed by atoms with Crippen molar-refractivity contribution in [3.05, 3.63) is 29.8 Å². The first-order chi connectivity index (χ1) is 12.5. The van der Waals surface area contributed by atoms with E-state index < -0.39 is 16.1 Å². The van der Waals surface area contributed by atoms with Crippen LogP contribution in [0.15, 0.2) is 29.2 Å². The zero-order valence-electron chi connectivity index (χ0n) is 15.4. The second kappa shape index (κ2) is 8.07. The molecule has 1 aromatic carbocycles. The maximum Gasteiger partial charge on any atom is 0.243 e. The van der Waals surface area contributed by atoms with Crippen LogP contribution in [0, 0.1) is 5.92 Å². The van der Waals surface area contributed by atoms with Crippen LogP contribution >= 0.6 is 12.4 Å². The number of hydrogen-bond donors (Lipinski definition) is 1. The zero-order valence-corrected chi connectivity index (χ0v) is 17.1. The lowest BCUT2D eigenvalue weighted by Gasteiger charge is -2.36. The Balaban J connectivity index is 0.00000210. The third kappa shape index (κ3) is 3.75. The van der Waals surface area contributed by atoms with E-state index in [4.69, 9.17) is 5.73 Å². The molecular weight excluding hydrogens is 386 g/mol. The van der Waals surface area contributed by atoms with Crippen LogP contribution in [0.2, 0.25) is 0 Å². The van der Waals surface area contributed by atoms with Gasteiger partial charge in [-0.25, -0.2) is 8.42 Å². The molecule has 3 aliphatic rings. The number of benzene rings is 1. The topological polar surface area (TPSA) is 83.7 Å². The van der Waals surface area contributed by atoms with Crippen LogP contribution in [0.3, 0.4) is 0 Å². The van der Waals surface area contributed by atoms with Crippen LogP contribution in [-0.4, -0.2) is 48.7 Å². The van der Waals surface area contributed by atoms with E-state index in [9.17, 15) is 13.2 Å². The fraction of sp³-hybridized carbons (Fsp3) is 0.632. The van der Waals surface area contributed by atoms with Gasteiger partial charge in [-0.1, -0.05) is 18.2 Å². The monoisotopic (exact) mass is 413 g/mol. The Hall–Kier alpha value is -1.15. The minimum Gasteiger partial charge on any atom is -0.341 e. The van der Waals surface area contributed by atoms with Crippen molar-refractivity contribution in [2.75, 3.05) is 13.1 Å². The van der Waals surface area contributed by atoms with Gasteiger partial charge in [-0.3, -0.25) is 4.79 Å². The summed E-state index contributed by atoms with van der Waals surface area (Å²) < 4.78 is 27.3. The molecule has 6 nitrogen and oxygen atoms in total. The van der Waals surface area contributed by atoms with Crippen LogP contribution in [0.4, 0.5) is 0 Å². The maximum absolute atomic E-state index is 12.8. The van der Waals surface area contributed by atoms with Crippen LogP contribution in [0.25, 0.3) is 0 Å². The molecule has 27 heavy (non-hydrogen) atoms. The molecule has 150 valence electrons. The number of nitrogens with two attached hydrogens (primary N) is 1. The molecule has 0 aromatic heterocycles. The van der Waals surface area contributed by atoms with Gasteiger partial charge in [0.25, 0.3) is 0 Å². The number of amides is 1. The fourth-order valence-corrected chi connectivity index (χ4v) is 6.57. The van der Waals surface area contributed by atoms with Gasteiger partial charge in [0.05, 0.1) is 10.9 Å². The second-order valence-corrected chi connectivity index (χ2v) is 9.64. The molecule has 0 bridgehead atoms. The highest BCUT2D eigenvalue weighted by molar-refractivity contribution is 7.89. The molecule has 1 aliphatic carbocycles. The van der Waals surface area contributed by atoms with Crippen molar-refractivity contribution < 1.29 is 13.2 Å². The van der Waals surface area contributed by atoms with E-state index in [1.54, 1.807) is 16.4 Å². The lowest BCUT2D eigenvalue weighted by atomic mass is 9.81. The third-order valence-corrected chi connectivity index (χ3v) is 8.24. The number of rotatable bonds is 3. The van der Waals surface area contributed by atoms with E-state index in [1.807, 2.05) is 17.0 Å². The van der Waals surface area contributed by atoms with Gasteiger partial charge in [0.15, 0.2) is 0 Å². The fourth-order valence-electron chi connectivity index (χ4n) is 4.69. The summed E-state index contributed by atoms with van der Waals surface area (Å²) in [5.74, 6) is 0.235. The summed E-state index contributed by atoms with van der Waals surface area (Å²) >= 11 is 0. The maximum atomic E-state index is 12.8. The van der Waals surface area contributed by atoms with Gasteiger partial charge >= 0.3 is 0 Å². The van der Waals surface area contributed by atoms with E-state index in [-0.39, 0.29) is 30.3 Å². The summed E-state index contributed by atoms with van der Waals surface area (Å²) in [4.78, 5) is 14.9. The summed E-state index contributed by atoms with van der Waals surface area (Å²) in [6.45, 7) is 2.12. The third-order valence-electron chi connectivity index (χ3n) is 6.24. The molecule has 0 radical (unpaired) electrons. The zero-order chi connectivity index (χ0) is 18.3. The number of nitrogens with zero attached hydrogens (tertiary/aromatic N) is 2. The molecular formula is C19H28ClN3O3S. The van der Waals surface area contributed by atoms with E-state index in [0.29, 0.717) is 11.4 Å². The average Bonchev–Trinajstić information content (AvgIpc) is 3.28. The van der Waals surface area contributed by atoms with Crippen molar-refractivity contribution in [2.24, 2.45) is 11.7 Å². The number of hydrogen-bond acceptors (Lipinski definition) is 4. The minimum atomic E-state index is -3.39. The lowest BCUT2D eigenvalue weighted by molar-refractivity contribution is -0.133. The first-order valence-corrected chi connectivity index (χ1v) is 11.1. The molecule has 0 spiro atoms. The van der Waals surface area contributed by atoms with Gasteiger partial charge in [-0.05, 0) is 56.1 Å². The molecule has 2 aliphatic heterocycles. The predicted octanol–water partition coefficient (Wildman–Crippen LogP) is 2.12. The largest absolute Gasteiger partial charge is 0.341 e. The summed E-state index contributed by atoms with van der Waals surface area (Å²) in [5, 5.41) is 0. The normalized spacial score (nSPS) is 28.4. The predicted molar refractivity (Wildman–Crippen MR) is 106 cm³/mol. The molecule has 2 heterocycles. The Morgan fingerprint density at radius 1 is 1.07 bits per heavy atom. The van der Waals surface area contributed by atoms with Gasteiger partial charge in [0, 0.05) is 25.7 Å². The SMILES string of the molecule is Cl.N[C@H](C(=O)N1CCCC1)C1CCC(N2Cc3ccccc3S2(=O)=O)CC1. The van der Waals surface area contributed by atoms with Crippen LogP contribution in [0.5, 0.6) is 0 Å². The number of carbonyl (C=O) groups is 1. The first-order valence-electron chi connectivity index (χ1n) is 9.62. The minimum absolute atomic E-state index is 0. The van der Waals surface area contributed by atoms with E-state index in [1.165, 1.54) is 0 Å². The molecule has 8 heteroatoms. The quantitative estimate of drug-likeness (QED) is 0.822. The van der Waals surface area contributed by atoms with Crippen molar-refractivity contribution in [1.29, 1.82) is 0 Å². The number of sulfonamides is 1. The van der Waals surface area contributed by atoms with Crippen molar-refractivity contribution in [1.82, 2.24) is 9.21 Å². The van der Waals surface area contributed by atoms with Crippen LogP contribution < -0.4 is 5.73 Å². The molecule has 1 aromatic rings. The van der Waals surface area contributed by atoms with Crippen molar-refractivity contribution in [2.45, 2.75) is 62.0 Å². The lowest BCUT2D eigenvalue weighted by Crippen LogP contribution is -2.49.